The molecule has 0 aliphatic heterocycles. The molecule has 9 heteroatoms. The fourth-order valence-corrected chi connectivity index (χ4v) is 5.30. The second kappa shape index (κ2) is 9.51. The normalized spacial score (nSPS) is 11.3. The molecule has 0 unspecified atom stereocenters. The molecule has 1 amide bonds. The Bertz CT molecular complexity index is 1030. The molecule has 2 aromatic heterocycles. The number of rotatable bonds is 7. The largest absolute Gasteiger partial charge is 0.324 e. The van der Waals surface area contributed by atoms with Crippen LogP contribution in [0.2, 0.25) is 10.0 Å². The van der Waals surface area contributed by atoms with Crippen LogP contribution in [0.3, 0.4) is 0 Å². The van der Waals surface area contributed by atoms with E-state index in [0.29, 0.717) is 15.7 Å². The maximum atomic E-state index is 12.4. The Hall–Kier alpha value is -1.54. The van der Waals surface area contributed by atoms with Crippen molar-refractivity contribution in [2.75, 3.05) is 11.1 Å². The number of carbonyl (C=O) groups excluding carboxylic acids is 1. The Labute approximate surface area is 188 Å². The predicted octanol–water partition coefficient (Wildman–Crippen LogP) is 6.50. The molecule has 0 atom stereocenters. The van der Waals surface area contributed by atoms with Crippen LogP contribution in [0.4, 0.5) is 5.69 Å². The van der Waals surface area contributed by atoms with Crippen LogP contribution < -0.4 is 5.32 Å². The van der Waals surface area contributed by atoms with Gasteiger partial charge in [-0.2, -0.15) is 0 Å². The number of aromatic nitrogens is 3. The highest BCUT2D eigenvalue weighted by molar-refractivity contribution is 7.99. The highest BCUT2D eigenvalue weighted by Gasteiger charge is 2.21. The van der Waals surface area contributed by atoms with E-state index in [1.54, 1.807) is 29.5 Å². The van der Waals surface area contributed by atoms with Gasteiger partial charge >= 0.3 is 0 Å². The summed E-state index contributed by atoms with van der Waals surface area (Å²) >= 11 is 15.1. The number of hydrogen-bond acceptors (Lipinski definition) is 5. The van der Waals surface area contributed by atoms with Crippen molar-refractivity contribution >= 4 is 57.9 Å². The molecule has 0 aliphatic rings. The number of carbonyl (C=O) groups is 1. The maximum Gasteiger partial charge on any atom is 0.234 e. The van der Waals surface area contributed by atoms with Crippen LogP contribution in [-0.2, 0) is 11.2 Å². The number of hydrogen-bond donors (Lipinski definition) is 1. The van der Waals surface area contributed by atoms with Gasteiger partial charge in [0.05, 0.1) is 16.5 Å². The first-order valence-corrected chi connectivity index (χ1v) is 11.8. The van der Waals surface area contributed by atoms with Crippen LogP contribution >= 0.6 is 46.3 Å². The van der Waals surface area contributed by atoms with Crippen molar-refractivity contribution in [3.8, 4) is 11.4 Å². The van der Waals surface area contributed by atoms with Gasteiger partial charge in [0.1, 0.15) is 0 Å². The number of anilines is 1. The third-order valence-electron chi connectivity index (χ3n) is 4.42. The zero-order valence-electron chi connectivity index (χ0n) is 16.6. The van der Waals surface area contributed by atoms with Gasteiger partial charge in [0.2, 0.25) is 5.91 Å². The quantitative estimate of drug-likeness (QED) is 0.402. The van der Waals surface area contributed by atoms with E-state index in [-0.39, 0.29) is 17.7 Å². The number of thiophene rings is 1. The van der Waals surface area contributed by atoms with Crippen molar-refractivity contribution in [1.82, 2.24) is 14.8 Å². The average Bonchev–Trinajstić information content (AvgIpc) is 3.25. The van der Waals surface area contributed by atoms with Crippen molar-refractivity contribution in [1.29, 1.82) is 0 Å². The molecule has 5 nitrogen and oxygen atoms in total. The van der Waals surface area contributed by atoms with E-state index < -0.39 is 0 Å². The molecule has 3 aromatic rings. The molecule has 29 heavy (non-hydrogen) atoms. The number of aryl methyl sites for hydroxylation is 1. The SMILES string of the molecule is CCc1c(-c2nnc(SCC(=O)Nc3ccc(Cl)cc3Cl)n2C(C)C)csc1C. The average molecular weight is 469 g/mol. The van der Waals surface area contributed by atoms with Crippen molar-refractivity contribution in [3.05, 3.63) is 44.1 Å². The Balaban J connectivity index is 1.77. The number of nitrogens with one attached hydrogen (secondary N) is 1. The van der Waals surface area contributed by atoms with Gasteiger partial charge in [-0.05, 0) is 51.0 Å². The Morgan fingerprint density at radius 2 is 2.07 bits per heavy atom. The van der Waals surface area contributed by atoms with Gasteiger partial charge in [-0.25, -0.2) is 0 Å². The van der Waals surface area contributed by atoms with Crippen molar-refractivity contribution in [2.45, 2.75) is 45.3 Å². The molecule has 0 saturated carbocycles. The van der Waals surface area contributed by atoms with E-state index in [1.165, 1.54) is 22.2 Å². The molecular weight excluding hydrogens is 447 g/mol. The molecular formula is C20H22Cl2N4OS2. The molecule has 154 valence electrons. The summed E-state index contributed by atoms with van der Waals surface area (Å²) < 4.78 is 2.09. The van der Waals surface area contributed by atoms with Crippen molar-refractivity contribution in [2.24, 2.45) is 0 Å². The van der Waals surface area contributed by atoms with E-state index >= 15 is 0 Å². The van der Waals surface area contributed by atoms with E-state index in [1.807, 2.05) is 0 Å². The molecule has 0 radical (unpaired) electrons. The standard InChI is InChI=1S/C20H22Cl2N4OS2/c1-5-14-12(4)28-9-15(14)19-24-25-20(26(19)11(2)3)29-10-18(27)23-17-7-6-13(21)8-16(17)22/h6-9,11H,5,10H2,1-4H3,(H,23,27). The van der Waals surface area contributed by atoms with Gasteiger partial charge in [-0.15, -0.1) is 21.5 Å². The summed E-state index contributed by atoms with van der Waals surface area (Å²) in [6, 6.07) is 5.14. The Morgan fingerprint density at radius 1 is 1.31 bits per heavy atom. The number of thioether (sulfide) groups is 1. The summed E-state index contributed by atoms with van der Waals surface area (Å²) in [6.07, 6.45) is 0.947. The monoisotopic (exact) mass is 468 g/mol. The van der Waals surface area contributed by atoms with Gasteiger partial charge in [0.15, 0.2) is 11.0 Å². The van der Waals surface area contributed by atoms with Gasteiger partial charge in [0, 0.05) is 26.9 Å². The van der Waals surface area contributed by atoms with Gasteiger partial charge in [-0.1, -0.05) is 41.9 Å². The van der Waals surface area contributed by atoms with Crippen LogP contribution in [0.5, 0.6) is 0 Å². The first-order chi connectivity index (χ1) is 13.8. The van der Waals surface area contributed by atoms with Crippen molar-refractivity contribution < 1.29 is 4.79 Å². The van der Waals surface area contributed by atoms with Crippen LogP contribution in [-0.4, -0.2) is 26.4 Å². The lowest BCUT2D eigenvalue weighted by molar-refractivity contribution is -0.113. The number of halogens is 2. The minimum atomic E-state index is -0.167. The lowest BCUT2D eigenvalue weighted by atomic mass is 10.1. The van der Waals surface area contributed by atoms with Crippen LogP contribution in [0, 0.1) is 6.92 Å². The smallest absolute Gasteiger partial charge is 0.234 e. The molecule has 2 heterocycles. The predicted molar refractivity (Wildman–Crippen MR) is 124 cm³/mol. The van der Waals surface area contributed by atoms with Crippen LogP contribution in [0.1, 0.15) is 37.3 Å². The minimum absolute atomic E-state index is 0.167. The maximum absolute atomic E-state index is 12.4. The molecule has 0 bridgehead atoms. The molecule has 3 rings (SSSR count). The molecule has 1 aromatic carbocycles. The van der Waals surface area contributed by atoms with Gasteiger partial charge in [0.25, 0.3) is 0 Å². The van der Waals surface area contributed by atoms with E-state index in [9.17, 15) is 4.79 Å². The first-order valence-electron chi connectivity index (χ1n) is 9.21. The minimum Gasteiger partial charge on any atom is -0.324 e. The number of benzene rings is 1. The highest BCUT2D eigenvalue weighted by Crippen LogP contribution is 2.34. The fourth-order valence-electron chi connectivity index (χ4n) is 3.04. The summed E-state index contributed by atoms with van der Waals surface area (Å²) in [6.45, 7) is 8.46. The van der Waals surface area contributed by atoms with Crippen LogP contribution in [0.25, 0.3) is 11.4 Å². The summed E-state index contributed by atoms with van der Waals surface area (Å²) in [4.78, 5) is 13.7. The third kappa shape index (κ3) is 4.97. The van der Waals surface area contributed by atoms with Crippen molar-refractivity contribution in [3.63, 3.8) is 0 Å². The van der Waals surface area contributed by atoms with Gasteiger partial charge < -0.3 is 5.32 Å². The molecule has 1 N–H and O–H groups in total. The third-order valence-corrected chi connectivity index (χ3v) is 6.86. The summed E-state index contributed by atoms with van der Waals surface area (Å²) in [5, 5.41) is 15.4. The lowest BCUT2D eigenvalue weighted by Crippen LogP contribution is -2.15. The molecule has 0 fully saturated rings. The topological polar surface area (TPSA) is 59.8 Å². The second-order valence-electron chi connectivity index (χ2n) is 6.77. The number of amides is 1. The summed E-state index contributed by atoms with van der Waals surface area (Å²) in [5.41, 5.74) is 2.96. The molecule has 0 spiro atoms. The van der Waals surface area contributed by atoms with E-state index in [4.69, 9.17) is 23.2 Å². The fraction of sp³-hybridized carbons (Fsp3) is 0.350. The second-order valence-corrected chi connectivity index (χ2v) is 9.64. The van der Waals surface area contributed by atoms with E-state index in [2.05, 4.69) is 53.2 Å². The zero-order chi connectivity index (χ0) is 21.1. The molecule has 0 saturated heterocycles. The molecule has 0 aliphatic carbocycles. The first kappa shape index (κ1) is 22.2. The Morgan fingerprint density at radius 3 is 2.72 bits per heavy atom. The highest BCUT2D eigenvalue weighted by atomic mass is 35.5. The summed E-state index contributed by atoms with van der Waals surface area (Å²) in [5.74, 6) is 0.886. The number of nitrogens with zero attached hydrogens (tertiary/aromatic N) is 3. The summed E-state index contributed by atoms with van der Waals surface area (Å²) in [7, 11) is 0. The zero-order valence-corrected chi connectivity index (χ0v) is 19.8. The lowest BCUT2D eigenvalue weighted by Gasteiger charge is -2.14. The Kier molecular flexibility index (Phi) is 7.27. The van der Waals surface area contributed by atoms with Crippen LogP contribution in [0.15, 0.2) is 28.7 Å². The van der Waals surface area contributed by atoms with E-state index in [0.717, 1.165) is 23.0 Å². The van der Waals surface area contributed by atoms with Gasteiger partial charge in [-0.3, -0.25) is 9.36 Å².